The molecule has 10 rings (SSSR count). The van der Waals surface area contributed by atoms with Crippen molar-refractivity contribution in [1.82, 2.24) is 0 Å². The van der Waals surface area contributed by atoms with Crippen LogP contribution in [0.3, 0.4) is 0 Å². The summed E-state index contributed by atoms with van der Waals surface area (Å²) < 4.78 is 2.66. The van der Waals surface area contributed by atoms with Crippen LogP contribution in [0.2, 0.25) is 0 Å². The Kier molecular flexibility index (Phi) is 6.16. The molecule has 1 aromatic heterocycles. The Hall–Kier alpha value is -5.70. The number of thiophene rings is 1. The number of para-hydroxylation sites is 1. The average molecular weight is 644 g/mol. The van der Waals surface area contributed by atoms with Crippen LogP contribution in [-0.2, 0) is 5.41 Å². The first-order valence-corrected chi connectivity index (χ1v) is 17.8. The van der Waals surface area contributed by atoms with Gasteiger partial charge in [0.1, 0.15) is 0 Å². The molecule has 1 aliphatic rings. The van der Waals surface area contributed by atoms with Gasteiger partial charge in [-0.3, -0.25) is 0 Å². The summed E-state index contributed by atoms with van der Waals surface area (Å²) in [4.78, 5) is 2.52. The molecule has 0 unspecified atom stereocenters. The third-order valence-electron chi connectivity index (χ3n) is 10.6. The minimum Gasteiger partial charge on any atom is -0.309 e. The number of nitrogens with zero attached hydrogens (tertiary/aromatic N) is 1. The van der Waals surface area contributed by atoms with Crippen LogP contribution in [0.15, 0.2) is 164 Å². The van der Waals surface area contributed by atoms with Crippen LogP contribution in [0.25, 0.3) is 64.0 Å². The summed E-state index contributed by atoms with van der Waals surface area (Å²) in [7, 11) is 0. The van der Waals surface area contributed by atoms with E-state index < -0.39 is 0 Å². The zero-order valence-corrected chi connectivity index (χ0v) is 28.3. The first kappa shape index (κ1) is 28.3. The van der Waals surface area contributed by atoms with Crippen molar-refractivity contribution in [1.29, 1.82) is 0 Å². The lowest BCUT2D eigenvalue weighted by Crippen LogP contribution is -2.16. The number of hydrogen-bond acceptors (Lipinski definition) is 2. The lowest BCUT2D eigenvalue weighted by atomic mass is 9.82. The predicted octanol–water partition coefficient (Wildman–Crippen LogP) is 13.8. The molecule has 49 heavy (non-hydrogen) atoms. The summed E-state index contributed by atoms with van der Waals surface area (Å²) in [6.07, 6.45) is 0. The maximum atomic E-state index is 2.52. The summed E-state index contributed by atoms with van der Waals surface area (Å²) in [5.41, 5.74) is 11.2. The minimum atomic E-state index is -0.0983. The van der Waals surface area contributed by atoms with Crippen molar-refractivity contribution in [3.05, 3.63) is 175 Å². The smallest absolute Gasteiger partial charge is 0.0543 e. The van der Waals surface area contributed by atoms with Crippen molar-refractivity contribution in [2.75, 3.05) is 4.90 Å². The van der Waals surface area contributed by atoms with Gasteiger partial charge in [0.15, 0.2) is 0 Å². The Morgan fingerprint density at radius 1 is 0.429 bits per heavy atom. The SMILES string of the molecule is CC1(C)c2ccccc2-c2c(N(c3ccc4cc5c(cc4c3)sc3ccccc35)c3ccccc3-c3cccc4ccccc34)cccc21. The van der Waals surface area contributed by atoms with Crippen molar-refractivity contribution in [3.63, 3.8) is 0 Å². The van der Waals surface area contributed by atoms with E-state index in [0.29, 0.717) is 0 Å². The normalized spacial score (nSPS) is 13.3. The third kappa shape index (κ3) is 4.24. The largest absolute Gasteiger partial charge is 0.309 e. The van der Waals surface area contributed by atoms with Crippen LogP contribution in [0.5, 0.6) is 0 Å². The summed E-state index contributed by atoms with van der Waals surface area (Å²) in [5.74, 6) is 0. The number of hydrogen-bond donors (Lipinski definition) is 0. The average Bonchev–Trinajstić information content (AvgIpc) is 3.62. The molecule has 0 atom stereocenters. The van der Waals surface area contributed by atoms with Crippen molar-refractivity contribution in [2.24, 2.45) is 0 Å². The van der Waals surface area contributed by atoms with E-state index >= 15 is 0 Å². The van der Waals surface area contributed by atoms with E-state index in [4.69, 9.17) is 0 Å². The summed E-state index contributed by atoms with van der Waals surface area (Å²) >= 11 is 1.88. The highest BCUT2D eigenvalue weighted by Gasteiger charge is 2.38. The van der Waals surface area contributed by atoms with E-state index in [9.17, 15) is 0 Å². The highest BCUT2D eigenvalue weighted by Crippen LogP contribution is 2.55. The highest BCUT2D eigenvalue weighted by molar-refractivity contribution is 7.25. The molecule has 1 heterocycles. The van der Waals surface area contributed by atoms with Crippen LogP contribution in [0, 0.1) is 0 Å². The zero-order chi connectivity index (χ0) is 32.7. The van der Waals surface area contributed by atoms with Gasteiger partial charge in [-0.05, 0) is 86.3 Å². The fraction of sp³-hybridized carbons (Fsp3) is 0.0638. The van der Waals surface area contributed by atoms with E-state index in [1.165, 1.54) is 80.8 Å². The predicted molar refractivity (Wildman–Crippen MR) is 212 cm³/mol. The third-order valence-corrected chi connectivity index (χ3v) is 11.8. The highest BCUT2D eigenvalue weighted by atomic mass is 32.1. The van der Waals surface area contributed by atoms with Gasteiger partial charge in [0.2, 0.25) is 0 Å². The second-order valence-corrected chi connectivity index (χ2v) is 14.8. The Labute approximate surface area is 290 Å². The van der Waals surface area contributed by atoms with Crippen molar-refractivity contribution in [2.45, 2.75) is 19.3 Å². The molecular weight excluding hydrogens is 611 g/mol. The van der Waals surface area contributed by atoms with Crippen molar-refractivity contribution < 1.29 is 0 Å². The molecule has 0 bridgehead atoms. The van der Waals surface area contributed by atoms with Gasteiger partial charge in [-0.15, -0.1) is 11.3 Å². The molecule has 0 saturated heterocycles. The zero-order valence-electron chi connectivity index (χ0n) is 27.4. The fourth-order valence-electron chi connectivity index (χ4n) is 8.28. The lowest BCUT2D eigenvalue weighted by molar-refractivity contribution is 0.660. The topological polar surface area (TPSA) is 3.24 Å². The summed E-state index contributed by atoms with van der Waals surface area (Å²) in [6.45, 7) is 4.73. The van der Waals surface area contributed by atoms with Gasteiger partial charge >= 0.3 is 0 Å². The lowest BCUT2D eigenvalue weighted by Gasteiger charge is -2.31. The Balaban J connectivity index is 1.27. The fourth-order valence-corrected chi connectivity index (χ4v) is 9.42. The molecule has 0 amide bonds. The molecule has 2 heteroatoms. The molecule has 8 aromatic carbocycles. The van der Waals surface area contributed by atoms with Crippen molar-refractivity contribution >= 4 is 70.1 Å². The summed E-state index contributed by atoms with van der Waals surface area (Å²) in [5, 5.41) is 7.67. The van der Waals surface area contributed by atoms with Gasteiger partial charge in [-0.2, -0.15) is 0 Å². The maximum absolute atomic E-state index is 2.52. The molecule has 0 saturated carbocycles. The van der Waals surface area contributed by atoms with Crippen LogP contribution in [0.4, 0.5) is 17.1 Å². The monoisotopic (exact) mass is 643 g/mol. The molecule has 9 aromatic rings. The first-order chi connectivity index (χ1) is 24.1. The second-order valence-electron chi connectivity index (χ2n) is 13.7. The van der Waals surface area contributed by atoms with Gasteiger partial charge in [0, 0.05) is 42.4 Å². The van der Waals surface area contributed by atoms with Crippen LogP contribution in [0.1, 0.15) is 25.0 Å². The Morgan fingerprint density at radius 3 is 2.02 bits per heavy atom. The number of benzene rings is 8. The molecule has 1 nitrogen and oxygen atoms in total. The van der Waals surface area contributed by atoms with Gasteiger partial charge in [0.25, 0.3) is 0 Å². The standard InChI is InChI=1S/C47H33NS/c1-47(2)40-20-8-5-18-38(40)46-41(47)21-12-23-43(46)48(42-22-9-6-16-36(42)35-19-11-14-30-13-3-4-15-34(30)35)33-26-25-31-28-39-37-17-7-10-24-44(37)49-45(39)29-32(31)27-33/h3-29H,1-2H3. The quantitative estimate of drug-likeness (QED) is 0.184. The van der Waals surface area contributed by atoms with E-state index in [0.717, 1.165) is 11.4 Å². The van der Waals surface area contributed by atoms with E-state index in [1.807, 2.05) is 11.3 Å². The Morgan fingerprint density at radius 2 is 1.10 bits per heavy atom. The maximum Gasteiger partial charge on any atom is 0.0543 e. The van der Waals surface area contributed by atoms with Gasteiger partial charge in [0.05, 0.1) is 11.4 Å². The molecular formula is C47H33NS. The van der Waals surface area contributed by atoms with Crippen LogP contribution >= 0.6 is 11.3 Å². The van der Waals surface area contributed by atoms with E-state index in [2.05, 4.69) is 183 Å². The molecule has 0 N–H and O–H groups in total. The van der Waals surface area contributed by atoms with Gasteiger partial charge in [-0.25, -0.2) is 0 Å². The second kappa shape index (κ2) is 10.7. The van der Waals surface area contributed by atoms with E-state index in [-0.39, 0.29) is 5.41 Å². The minimum absolute atomic E-state index is 0.0983. The molecule has 232 valence electrons. The molecule has 1 aliphatic carbocycles. The molecule has 0 fully saturated rings. The summed E-state index contributed by atoms with van der Waals surface area (Å²) in [6, 6.07) is 60.7. The molecule has 0 spiro atoms. The van der Waals surface area contributed by atoms with Gasteiger partial charge in [-0.1, -0.05) is 135 Å². The van der Waals surface area contributed by atoms with Crippen LogP contribution in [-0.4, -0.2) is 0 Å². The molecule has 0 radical (unpaired) electrons. The van der Waals surface area contributed by atoms with E-state index in [1.54, 1.807) is 0 Å². The number of anilines is 3. The van der Waals surface area contributed by atoms with Crippen LogP contribution < -0.4 is 4.90 Å². The number of rotatable bonds is 4. The number of fused-ring (bicyclic) bond motifs is 8. The van der Waals surface area contributed by atoms with Crippen molar-refractivity contribution in [3.8, 4) is 22.3 Å². The van der Waals surface area contributed by atoms with Gasteiger partial charge < -0.3 is 4.90 Å². The molecule has 0 aliphatic heterocycles. The first-order valence-electron chi connectivity index (χ1n) is 17.0. The Bertz CT molecular complexity index is 2760.